The van der Waals surface area contributed by atoms with Crippen LogP contribution >= 0.6 is 24.0 Å². The van der Waals surface area contributed by atoms with Crippen LogP contribution in [0.25, 0.3) is 0 Å². The van der Waals surface area contributed by atoms with Gasteiger partial charge in [-0.3, -0.25) is 4.99 Å². The summed E-state index contributed by atoms with van der Waals surface area (Å²) < 4.78 is 24.7. The van der Waals surface area contributed by atoms with Crippen molar-refractivity contribution in [2.75, 3.05) is 31.9 Å². The molecule has 7 heteroatoms. The first-order valence-electron chi connectivity index (χ1n) is 9.23. The van der Waals surface area contributed by atoms with Crippen molar-refractivity contribution < 1.29 is 8.42 Å². The van der Waals surface area contributed by atoms with E-state index < -0.39 is 9.84 Å². The molecule has 0 radical (unpaired) electrons. The molecule has 2 rings (SSSR count). The molecule has 1 aliphatic heterocycles. The van der Waals surface area contributed by atoms with Gasteiger partial charge in [0.25, 0.3) is 0 Å². The molecule has 1 unspecified atom stereocenters. The van der Waals surface area contributed by atoms with Crippen LogP contribution in [0.15, 0.2) is 40.2 Å². The van der Waals surface area contributed by atoms with E-state index in [0.717, 1.165) is 25.6 Å². The molecule has 1 heterocycles. The molecule has 0 aromatic heterocycles. The van der Waals surface area contributed by atoms with Gasteiger partial charge in [0.05, 0.1) is 17.2 Å². The fourth-order valence-corrected chi connectivity index (χ4v) is 4.47. The van der Waals surface area contributed by atoms with Crippen LogP contribution in [0.4, 0.5) is 0 Å². The molecule has 1 aromatic rings. The lowest BCUT2D eigenvalue weighted by atomic mass is 9.97. The summed E-state index contributed by atoms with van der Waals surface area (Å²) in [6.45, 7) is 9.63. The monoisotopic (exact) mass is 493 g/mol. The van der Waals surface area contributed by atoms with Gasteiger partial charge in [-0.1, -0.05) is 32.0 Å². The van der Waals surface area contributed by atoms with E-state index >= 15 is 0 Å². The molecule has 5 nitrogen and oxygen atoms in total. The van der Waals surface area contributed by atoms with E-state index in [2.05, 4.69) is 29.1 Å². The topological polar surface area (TPSA) is 61.8 Å². The fraction of sp³-hybridized carbons (Fsp3) is 0.632. The van der Waals surface area contributed by atoms with Crippen LogP contribution in [0.5, 0.6) is 0 Å². The highest BCUT2D eigenvalue weighted by atomic mass is 127. The minimum Gasteiger partial charge on any atom is -0.357 e. The van der Waals surface area contributed by atoms with Gasteiger partial charge in [-0.15, -0.1) is 24.0 Å². The van der Waals surface area contributed by atoms with Crippen molar-refractivity contribution in [2.45, 2.75) is 38.5 Å². The van der Waals surface area contributed by atoms with Gasteiger partial charge in [0.2, 0.25) is 0 Å². The molecule has 1 fully saturated rings. The number of benzene rings is 1. The zero-order valence-electron chi connectivity index (χ0n) is 16.0. The Morgan fingerprint density at radius 2 is 2.00 bits per heavy atom. The molecule has 1 aliphatic rings. The predicted octanol–water partition coefficient (Wildman–Crippen LogP) is 3.41. The predicted molar refractivity (Wildman–Crippen MR) is 119 cm³/mol. The summed E-state index contributed by atoms with van der Waals surface area (Å²) in [4.78, 5) is 7.21. The number of sulfone groups is 1. The van der Waals surface area contributed by atoms with Gasteiger partial charge in [0.15, 0.2) is 15.8 Å². The average molecular weight is 493 g/mol. The summed E-state index contributed by atoms with van der Waals surface area (Å²) >= 11 is 0. The third-order valence-electron chi connectivity index (χ3n) is 4.45. The Balaban J connectivity index is 0.00000338. The summed E-state index contributed by atoms with van der Waals surface area (Å²) in [6.07, 6.45) is 2.42. The van der Waals surface area contributed by atoms with Crippen LogP contribution in [0.3, 0.4) is 0 Å². The Morgan fingerprint density at radius 1 is 1.31 bits per heavy atom. The van der Waals surface area contributed by atoms with E-state index in [9.17, 15) is 8.42 Å². The number of guanidine groups is 1. The van der Waals surface area contributed by atoms with E-state index in [0.29, 0.717) is 16.7 Å². The van der Waals surface area contributed by atoms with Gasteiger partial charge in [0, 0.05) is 19.6 Å². The standard InChI is InChI=1S/C19H31N3O2S.HI/c1-4-20-19(22-12-10-17(15-22)14-16(2)3)21-11-13-25(23,24)18-8-6-5-7-9-18;/h5-9,16-17H,4,10-15H2,1-3H3,(H,20,21);1H. The average Bonchev–Trinajstić information content (AvgIpc) is 3.02. The van der Waals surface area contributed by atoms with Crippen molar-refractivity contribution in [1.29, 1.82) is 0 Å². The van der Waals surface area contributed by atoms with Crippen molar-refractivity contribution in [3.63, 3.8) is 0 Å². The molecule has 1 N–H and O–H groups in total. The van der Waals surface area contributed by atoms with Crippen molar-refractivity contribution in [3.8, 4) is 0 Å². The maximum absolute atomic E-state index is 12.4. The Kier molecular flexibility index (Phi) is 9.92. The van der Waals surface area contributed by atoms with E-state index in [1.54, 1.807) is 24.3 Å². The number of hydrogen-bond acceptors (Lipinski definition) is 3. The minimum absolute atomic E-state index is 0. The van der Waals surface area contributed by atoms with Gasteiger partial charge in [0.1, 0.15) is 0 Å². The summed E-state index contributed by atoms with van der Waals surface area (Å²) in [5.41, 5.74) is 0. The zero-order chi connectivity index (χ0) is 18.3. The third-order valence-corrected chi connectivity index (χ3v) is 6.16. The summed E-state index contributed by atoms with van der Waals surface area (Å²) in [5, 5.41) is 3.31. The Morgan fingerprint density at radius 3 is 2.62 bits per heavy atom. The number of nitrogens with zero attached hydrogens (tertiary/aromatic N) is 2. The number of halogens is 1. The summed E-state index contributed by atoms with van der Waals surface area (Å²) in [6, 6.07) is 8.60. The van der Waals surface area contributed by atoms with Gasteiger partial charge < -0.3 is 10.2 Å². The largest absolute Gasteiger partial charge is 0.357 e. The smallest absolute Gasteiger partial charge is 0.193 e. The minimum atomic E-state index is -3.27. The first-order valence-corrected chi connectivity index (χ1v) is 10.9. The summed E-state index contributed by atoms with van der Waals surface area (Å²) in [7, 11) is -3.27. The Bertz CT molecular complexity index is 663. The van der Waals surface area contributed by atoms with Gasteiger partial charge in [-0.25, -0.2) is 8.42 Å². The second kappa shape index (κ2) is 11.1. The summed E-state index contributed by atoms with van der Waals surface area (Å²) in [5.74, 6) is 2.30. The van der Waals surface area contributed by atoms with Crippen molar-refractivity contribution in [1.82, 2.24) is 10.2 Å². The number of aliphatic imine (C=N–C) groups is 1. The molecule has 1 aromatic carbocycles. The molecule has 0 aliphatic carbocycles. The number of nitrogens with one attached hydrogen (secondary N) is 1. The Hall–Kier alpha value is -0.830. The molecule has 26 heavy (non-hydrogen) atoms. The highest BCUT2D eigenvalue weighted by Crippen LogP contribution is 2.23. The lowest BCUT2D eigenvalue weighted by Gasteiger charge is -2.22. The number of likely N-dealkylation sites (tertiary alicyclic amines) is 1. The highest BCUT2D eigenvalue weighted by molar-refractivity contribution is 14.0. The Labute approximate surface area is 175 Å². The van der Waals surface area contributed by atoms with Crippen molar-refractivity contribution >= 4 is 39.8 Å². The van der Waals surface area contributed by atoms with E-state index in [-0.39, 0.29) is 36.3 Å². The van der Waals surface area contributed by atoms with Gasteiger partial charge in [-0.2, -0.15) is 0 Å². The zero-order valence-corrected chi connectivity index (χ0v) is 19.2. The van der Waals surface area contributed by atoms with E-state index in [1.807, 2.05) is 13.0 Å². The molecule has 0 saturated carbocycles. The molecular formula is C19H32IN3O2S. The maximum atomic E-state index is 12.4. The molecular weight excluding hydrogens is 461 g/mol. The van der Waals surface area contributed by atoms with Crippen molar-refractivity contribution in [2.24, 2.45) is 16.8 Å². The highest BCUT2D eigenvalue weighted by Gasteiger charge is 2.25. The van der Waals surface area contributed by atoms with E-state index in [4.69, 9.17) is 0 Å². The second-order valence-electron chi connectivity index (χ2n) is 7.10. The first kappa shape index (κ1) is 23.2. The normalized spacial score (nSPS) is 18.1. The van der Waals surface area contributed by atoms with Crippen LogP contribution in [-0.2, 0) is 9.84 Å². The second-order valence-corrected chi connectivity index (χ2v) is 9.21. The van der Waals surface area contributed by atoms with Crippen LogP contribution in [-0.4, -0.2) is 51.2 Å². The number of rotatable bonds is 7. The molecule has 1 saturated heterocycles. The van der Waals surface area contributed by atoms with Crippen LogP contribution in [0.2, 0.25) is 0 Å². The fourth-order valence-electron chi connectivity index (χ4n) is 3.33. The molecule has 0 amide bonds. The molecule has 1 atom stereocenters. The molecule has 0 bridgehead atoms. The SMILES string of the molecule is CCNC(=NCCS(=O)(=O)c1ccccc1)N1CCC(CC(C)C)C1.I. The maximum Gasteiger partial charge on any atom is 0.193 e. The quantitative estimate of drug-likeness (QED) is 0.359. The lowest BCUT2D eigenvalue weighted by molar-refractivity contribution is 0.404. The lowest BCUT2D eigenvalue weighted by Crippen LogP contribution is -2.40. The van der Waals surface area contributed by atoms with Crippen LogP contribution < -0.4 is 5.32 Å². The van der Waals surface area contributed by atoms with Crippen LogP contribution in [0, 0.1) is 11.8 Å². The molecule has 0 spiro atoms. The van der Waals surface area contributed by atoms with Crippen molar-refractivity contribution in [3.05, 3.63) is 30.3 Å². The number of hydrogen-bond donors (Lipinski definition) is 1. The van der Waals surface area contributed by atoms with Gasteiger partial charge >= 0.3 is 0 Å². The van der Waals surface area contributed by atoms with Crippen LogP contribution in [0.1, 0.15) is 33.6 Å². The van der Waals surface area contributed by atoms with E-state index in [1.165, 1.54) is 12.8 Å². The first-order chi connectivity index (χ1) is 11.9. The third kappa shape index (κ3) is 7.06. The van der Waals surface area contributed by atoms with Gasteiger partial charge in [-0.05, 0) is 43.7 Å². The molecule has 148 valence electrons.